The Kier molecular flexibility index (Phi) is 7.47. The minimum atomic E-state index is -3.59. The Hall–Kier alpha value is -2.68. The topological polar surface area (TPSA) is 73.0 Å². The summed E-state index contributed by atoms with van der Waals surface area (Å²) in [5, 5.41) is 2.94. The number of carbonyl (C=O) groups is 1. The number of piperidine rings is 1. The van der Waals surface area contributed by atoms with Gasteiger partial charge in [0.25, 0.3) is 0 Å². The van der Waals surface area contributed by atoms with Gasteiger partial charge in [-0.15, -0.1) is 0 Å². The van der Waals surface area contributed by atoms with Gasteiger partial charge in [0.15, 0.2) is 0 Å². The predicted molar refractivity (Wildman–Crippen MR) is 133 cm³/mol. The van der Waals surface area contributed by atoms with Gasteiger partial charge in [-0.25, -0.2) is 8.42 Å². The maximum Gasteiger partial charge on any atom is 0.248 e. The second-order valence-electron chi connectivity index (χ2n) is 8.67. The zero-order valence-electron chi connectivity index (χ0n) is 19.1. The van der Waals surface area contributed by atoms with Crippen molar-refractivity contribution in [1.29, 1.82) is 0 Å². The number of nitrogens with one attached hydrogen (secondary N) is 1. The van der Waals surface area contributed by atoms with Crippen LogP contribution in [0.3, 0.4) is 0 Å². The third-order valence-electron chi connectivity index (χ3n) is 6.25. The average molecular weight is 469 g/mol. The molecule has 0 aliphatic carbocycles. The summed E-state index contributed by atoms with van der Waals surface area (Å²) in [5.41, 5.74) is 2.30. The minimum absolute atomic E-state index is 0.226. The van der Waals surface area contributed by atoms with Crippen LogP contribution in [0.15, 0.2) is 59.5 Å². The number of amides is 1. The van der Waals surface area contributed by atoms with Gasteiger partial charge in [-0.05, 0) is 49.7 Å². The highest BCUT2D eigenvalue weighted by molar-refractivity contribution is 7.89. The van der Waals surface area contributed by atoms with E-state index < -0.39 is 10.0 Å². The highest BCUT2D eigenvalue weighted by Gasteiger charge is 2.27. The maximum atomic E-state index is 13.2. The number of hydrogen-bond acceptors (Lipinski definition) is 5. The van der Waals surface area contributed by atoms with Crippen LogP contribution in [0.1, 0.15) is 24.8 Å². The molecule has 2 aliphatic heterocycles. The molecule has 0 aromatic heterocycles. The Bertz CT molecular complexity index is 1090. The third kappa shape index (κ3) is 5.82. The molecule has 0 spiro atoms. The Morgan fingerprint density at radius 2 is 1.61 bits per heavy atom. The van der Waals surface area contributed by atoms with Gasteiger partial charge in [0, 0.05) is 45.3 Å². The molecule has 0 radical (unpaired) electrons. The third-order valence-corrected chi connectivity index (χ3v) is 8.14. The van der Waals surface area contributed by atoms with Crippen molar-refractivity contribution in [3.8, 4) is 0 Å². The van der Waals surface area contributed by atoms with E-state index in [9.17, 15) is 13.2 Å². The maximum absolute atomic E-state index is 13.2. The summed E-state index contributed by atoms with van der Waals surface area (Å²) in [4.78, 5) is 17.4. The van der Waals surface area contributed by atoms with Crippen LogP contribution in [-0.4, -0.2) is 69.8 Å². The van der Waals surface area contributed by atoms with Crippen LogP contribution < -0.4 is 10.2 Å². The van der Waals surface area contributed by atoms with Gasteiger partial charge in [0.1, 0.15) is 0 Å². The predicted octanol–water partition coefficient (Wildman–Crippen LogP) is 3.26. The molecule has 4 rings (SSSR count). The first-order valence-electron chi connectivity index (χ1n) is 11.6. The number of rotatable bonds is 6. The standard InChI is InChI=1S/C25H32N4O3S/c1-27-16-18-28(19-17-27)24-12-11-22(33(31,32)29-14-6-3-7-15-29)20-23(24)26-25(30)13-10-21-8-4-2-5-9-21/h2,4-5,8-13,20H,3,6-7,14-19H2,1H3,(H,26,30)/b13-10+. The normalized spacial score (nSPS) is 18.5. The van der Waals surface area contributed by atoms with Crippen LogP contribution in [-0.2, 0) is 14.8 Å². The van der Waals surface area contributed by atoms with Crippen molar-refractivity contribution >= 4 is 33.4 Å². The molecule has 0 atom stereocenters. The molecular weight excluding hydrogens is 436 g/mol. The van der Waals surface area contributed by atoms with Gasteiger partial charge >= 0.3 is 0 Å². The van der Waals surface area contributed by atoms with Crippen molar-refractivity contribution in [2.45, 2.75) is 24.2 Å². The number of likely N-dealkylation sites (N-methyl/N-ethyl adjacent to an activating group) is 1. The van der Waals surface area contributed by atoms with E-state index >= 15 is 0 Å². The molecule has 8 heteroatoms. The van der Waals surface area contributed by atoms with Crippen molar-refractivity contribution in [3.63, 3.8) is 0 Å². The van der Waals surface area contributed by atoms with E-state index in [0.717, 1.165) is 56.7 Å². The largest absolute Gasteiger partial charge is 0.367 e. The van der Waals surface area contributed by atoms with E-state index in [4.69, 9.17) is 0 Å². The van der Waals surface area contributed by atoms with Crippen LogP contribution in [0, 0.1) is 0 Å². The van der Waals surface area contributed by atoms with E-state index in [2.05, 4.69) is 22.2 Å². The molecule has 0 unspecified atom stereocenters. The number of benzene rings is 2. The van der Waals surface area contributed by atoms with Gasteiger partial charge in [0.05, 0.1) is 16.3 Å². The molecule has 33 heavy (non-hydrogen) atoms. The SMILES string of the molecule is CN1CCN(c2ccc(S(=O)(=O)N3CCCCC3)cc2NC(=O)/C=C/c2ccccc2)CC1. The number of hydrogen-bond donors (Lipinski definition) is 1. The minimum Gasteiger partial charge on any atom is -0.367 e. The fourth-order valence-corrected chi connectivity index (χ4v) is 5.81. The highest BCUT2D eigenvalue weighted by atomic mass is 32.2. The second-order valence-corrected chi connectivity index (χ2v) is 10.6. The van der Waals surface area contributed by atoms with Gasteiger partial charge in [0.2, 0.25) is 15.9 Å². The lowest BCUT2D eigenvalue weighted by atomic mass is 10.2. The van der Waals surface area contributed by atoms with E-state index in [0.29, 0.717) is 18.8 Å². The molecule has 7 nitrogen and oxygen atoms in total. The second kappa shape index (κ2) is 10.5. The fraction of sp³-hybridized carbons (Fsp3) is 0.400. The van der Waals surface area contributed by atoms with Gasteiger partial charge < -0.3 is 15.1 Å². The number of sulfonamides is 1. The molecule has 2 saturated heterocycles. The molecular formula is C25H32N4O3S. The van der Waals surface area contributed by atoms with Crippen LogP contribution in [0.2, 0.25) is 0 Å². The summed E-state index contributed by atoms with van der Waals surface area (Å²) >= 11 is 0. The summed E-state index contributed by atoms with van der Waals surface area (Å²) in [6, 6.07) is 14.7. The summed E-state index contributed by atoms with van der Waals surface area (Å²) in [5.74, 6) is -0.290. The van der Waals surface area contributed by atoms with E-state index in [1.807, 2.05) is 36.4 Å². The first-order valence-corrected chi connectivity index (χ1v) is 13.0. The Morgan fingerprint density at radius 1 is 0.909 bits per heavy atom. The summed E-state index contributed by atoms with van der Waals surface area (Å²) in [6.45, 7) is 4.55. The zero-order chi connectivity index (χ0) is 23.3. The lowest BCUT2D eigenvalue weighted by Gasteiger charge is -2.35. The smallest absolute Gasteiger partial charge is 0.248 e. The lowest BCUT2D eigenvalue weighted by molar-refractivity contribution is -0.111. The van der Waals surface area contributed by atoms with Crippen molar-refractivity contribution in [1.82, 2.24) is 9.21 Å². The Labute approximate surface area is 196 Å². The van der Waals surface area contributed by atoms with Crippen LogP contribution >= 0.6 is 0 Å². The first-order chi connectivity index (χ1) is 15.9. The van der Waals surface area contributed by atoms with E-state index in [-0.39, 0.29) is 10.8 Å². The van der Waals surface area contributed by atoms with Gasteiger partial charge in [-0.3, -0.25) is 4.79 Å². The lowest BCUT2D eigenvalue weighted by Crippen LogP contribution is -2.44. The van der Waals surface area contributed by atoms with Gasteiger partial charge in [-0.2, -0.15) is 4.31 Å². The summed E-state index contributed by atoms with van der Waals surface area (Å²) in [6.07, 6.45) is 6.05. The van der Waals surface area contributed by atoms with Crippen LogP contribution in [0.4, 0.5) is 11.4 Å². The fourth-order valence-electron chi connectivity index (χ4n) is 4.26. The Balaban J connectivity index is 1.61. The van der Waals surface area contributed by atoms with Crippen LogP contribution in [0.5, 0.6) is 0 Å². The van der Waals surface area contributed by atoms with E-state index in [1.54, 1.807) is 22.5 Å². The van der Waals surface area contributed by atoms with Crippen molar-refractivity contribution in [3.05, 3.63) is 60.2 Å². The number of piperazine rings is 1. The quantitative estimate of drug-likeness (QED) is 0.659. The first kappa shape index (κ1) is 23.5. The monoisotopic (exact) mass is 468 g/mol. The molecule has 2 aromatic carbocycles. The molecule has 2 aromatic rings. The molecule has 176 valence electrons. The van der Waals surface area contributed by atoms with Gasteiger partial charge in [-0.1, -0.05) is 36.8 Å². The molecule has 2 fully saturated rings. The highest BCUT2D eigenvalue weighted by Crippen LogP contribution is 2.31. The summed E-state index contributed by atoms with van der Waals surface area (Å²) < 4.78 is 28.0. The molecule has 2 heterocycles. The average Bonchev–Trinajstić information content (AvgIpc) is 2.84. The molecule has 0 bridgehead atoms. The number of anilines is 2. The van der Waals surface area contributed by atoms with Crippen molar-refractivity contribution in [2.75, 3.05) is 56.5 Å². The number of carbonyl (C=O) groups excluding carboxylic acids is 1. The zero-order valence-corrected chi connectivity index (χ0v) is 19.9. The van der Waals surface area contributed by atoms with Crippen LogP contribution in [0.25, 0.3) is 6.08 Å². The molecule has 1 amide bonds. The molecule has 0 saturated carbocycles. The number of nitrogens with zero attached hydrogens (tertiary/aromatic N) is 3. The van der Waals surface area contributed by atoms with Crippen molar-refractivity contribution < 1.29 is 13.2 Å². The Morgan fingerprint density at radius 3 is 2.30 bits per heavy atom. The molecule has 1 N–H and O–H groups in total. The molecule has 2 aliphatic rings. The van der Waals surface area contributed by atoms with E-state index in [1.165, 1.54) is 6.08 Å². The summed E-state index contributed by atoms with van der Waals surface area (Å²) in [7, 11) is -1.51. The van der Waals surface area contributed by atoms with Crippen molar-refractivity contribution in [2.24, 2.45) is 0 Å².